The molecule has 0 spiro atoms. The highest BCUT2D eigenvalue weighted by Gasteiger charge is 2.28. The van der Waals surface area contributed by atoms with Crippen molar-refractivity contribution in [2.45, 2.75) is 83.6 Å². The van der Waals surface area contributed by atoms with E-state index in [2.05, 4.69) is 18.6 Å². The minimum atomic E-state index is -3.69. The maximum Gasteiger partial charge on any atom is 0.241 e. The number of nitrogens with one attached hydrogen (secondary N) is 1. The van der Waals surface area contributed by atoms with Gasteiger partial charge in [-0.1, -0.05) is 60.6 Å². The molecule has 0 fully saturated rings. The first-order chi connectivity index (χ1) is 11.0. The molecular formula is C19H33NO3S. The Balaban J connectivity index is 3.65. The Labute approximate surface area is 147 Å². The molecule has 0 saturated carbocycles. The maximum atomic E-state index is 13.1. The molecule has 0 amide bonds. The van der Waals surface area contributed by atoms with Crippen LogP contribution in [0.2, 0.25) is 0 Å². The van der Waals surface area contributed by atoms with E-state index in [9.17, 15) is 13.5 Å². The Kier molecular flexibility index (Phi) is 7.44. The van der Waals surface area contributed by atoms with Gasteiger partial charge in [-0.25, -0.2) is 13.1 Å². The molecule has 24 heavy (non-hydrogen) atoms. The van der Waals surface area contributed by atoms with Gasteiger partial charge in [-0.2, -0.15) is 0 Å². The third-order valence-corrected chi connectivity index (χ3v) is 6.04. The fourth-order valence-corrected chi connectivity index (χ4v) is 4.74. The maximum absolute atomic E-state index is 13.1. The van der Waals surface area contributed by atoms with Gasteiger partial charge in [-0.05, 0) is 40.9 Å². The van der Waals surface area contributed by atoms with Crippen molar-refractivity contribution in [3.63, 3.8) is 0 Å². The monoisotopic (exact) mass is 355 g/mol. The highest BCUT2D eigenvalue weighted by Crippen LogP contribution is 2.35. The van der Waals surface area contributed by atoms with Crippen molar-refractivity contribution in [2.24, 2.45) is 0 Å². The van der Waals surface area contributed by atoms with E-state index < -0.39 is 16.1 Å². The number of benzene rings is 1. The minimum absolute atomic E-state index is 0.0991. The molecule has 0 aliphatic heterocycles. The van der Waals surface area contributed by atoms with E-state index in [1.165, 1.54) is 0 Å². The van der Waals surface area contributed by atoms with Gasteiger partial charge in [0.05, 0.1) is 11.5 Å². The standard InChI is InChI=1S/C19H33NO3S/c1-8-16(11-21)20-24(22,23)19-17(13(4)5)9-15(12(2)3)10-18(19)14(6)7/h9-10,12-14,16,20-21H,8,11H2,1-7H3/t16-/m1/s1. The zero-order valence-electron chi connectivity index (χ0n) is 16.1. The largest absolute Gasteiger partial charge is 0.395 e. The van der Waals surface area contributed by atoms with E-state index in [1.807, 2.05) is 46.8 Å². The van der Waals surface area contributed by atoms with Crippen LogP contribution >= 0.6 is 0 Å². The molecule has 0 aliphatic rings. The van der Waals surface area contributed by atoms with Crippen LogP contribution in [0.4, 0.5) is 0 Å². The topological polar surface area (TPSA) is 66.4 Å². The smallest absolute Gasteiger partial charge is 0.241 e. The normalized spacial score (nSPS) is 14.0. The third kappa shape index (κ3) is 4.80. The number of hydrogen-bond acceptors (Lipinski definition) is 3. The second-order valence-electron chi connectivity index (χ2n) is 7.40. The fraction of sp³-hybridized carbons (Fsp3) is 0.684. The van der Waals surface area contributed by atoms with Crippen molar-refractivity contribution in [1.82, 2.24) is 4.72 Å². The predicted octanol–water partition coefficient (Wildman–Crippen LogP) is 4.11. The van der Waals surface area contributed by atoms with Gasteiger partial charge in [-0.15, -0.1) is 0 Å². The van der Waals surface area contributed by atoms with Gasteiger partial charge in [0.15, 0.2) is 0 Å². The lowest BCUT2D eigenvalue weighted by molar-refractivity contribution is 0.253. The summed E-state index contributed by atoms with van der Waals surface area (Å²) in [6, 6.07) is 3.59. The van der Waals surface area contributed by atoms with Gasteiger partial charge in [0.25, 0.3) is 0 Å². The molecule has 2 N–H and O–H groups in total. The molecule has 0 radical (unpaired) electrons. The quantitative estimate of drug-likeness (QED) is 0.737. The summed E-state index contributed by atoms with van der Waals surface area (Å²) in [5.41, 5.74) is 2.87. The lowest BCUT2D eigenvalue weighted by atomic mass is 9.89. The highest BCUT2D eigenvalue weighted by molar-refractivity contribution is 7.89. The minimum Gasteiger partial charge on any atom is -0.395 e. The van der Waals surface area contributed by atoms with Crippen LogP contribution in [-0.2, 0) is 10.0 Å². The molecule has 5 heteroatoms. The highest BCUT2D eigenvalue weighted by atomic mass is 32.2. The lowest BCUT2D eigenvalue weighted by Crippen LogP contribution is -2.38. The second-order valence-corrected chi connectivity index (χ2v) is 9.05. The third-order valence-electron chi connectivity index (χ3n) is 4.38. The summed E-state index contributed by atoms with van der Waals surface area (Å²) in [5.74, 6) is 0.537. The zero-order valence-corrected chi connectivity index (χ0v) is 16.9. The molecule has 1 aromatic rings. The SMILES string of the molecule is CC[C@H](CO)NS(=O)(=O)c1c(C(C)C)cc(C(C)C)cc1C(C)C. The van der Waals surface area contributed by atoms with Gasteiger partial charge in [-0.3, -0.25) is 0 Å². The Hall–Kier alpha value is -0.910. The second kappa shape index (κ2) is 8.45. The number of aliphatic hydroxyl groups excluding tert-OH is 1. The van der Waals surface area contributed by atoms with E-state index in [-0.39, 0.29) is 18.4 Å². The van der Waals surface area contributed by atoms with E-state index in [1.54, 1.807) is 0 Å². The Morgan fingerprint density at radius 1 is 0.958 bits per heavy atom. The number of hydrogen-bond donors (Lipinski definition) is 2. The van der Waals surface area contributed by atoms with Crippen molar-refractivity contribution in [3.05, 3.63) is 28.8 Å². The first-order valence-electron chi connectivity index (χ1n) is 8.85. The summed E-state index contributed by atoms with van der Waals surface area (Å²) in [6.07, 6.45) is 0.549. The fourth-order valence-electron chi connectivity index (χ4n) is 2.73. The van der Waals surface area contributed by atoms with Gasteiger partial charge in [0.2, 0.25) is 10.0 Å². The molecule has 138 valence electrons. The van der Waals surface area contributed by atoms with Crippen LogP contribution in [-0.4, -0.2) is 26.2 Å². The van der Waals surface area contributed by atoms with E-state index >= 15 is 0 Å². The Morgan fingerprint density at radius 3 is 1.71 bits per heavy atom. The van der Waals surface area contributed by atoms with Crippen LogP contribution in [0.3, 0.4) is 0 Å². The molecule has 0 aromatic heterocycles. The van der Waals surface area contributed by atoms with Gasteiger partial charge < -0.3 is 5.11 Å². The molecule has 0 aliphatic carbocycles. The van der Waals surface area contributed by atoms with Crippen LogP contribution in [0.15, 0.2) is 17.0 Å². The molecule has 1 aromatic carbocycles. The van der Waals surface area contributed by atoms with Crippen LogP contribution in [0.1, 0.15) is 89.3 Å². The molecule has 0 unspecified atom stereocenters. The summed E-state index contributed by atoms with van der Waals surface area (Å²) in [4.78, 5) is 0.392. The van der Waals surface area contributed by atoms with Crippen LogP contribution in [0, 0.1) is 0 Å². The summed E-state index contributed by atoms with van der Waals surface area (Å²) >= 11 is 0. The number of aliphatic hydroxyl groups is 1. The lowest BCUT2D eigenvalue weighted by Gasteiger charge is -2.24. The molecule has 0 heterocycles. The van der Waals surface area contributed by atoms with E-state index in [0.717, 1.165) is 16.7 Å². The van der Waals surface area contributed by atoms with Crippen LogP contribution in [0.5, 0.6) is 0 Å². The van der Waals surface area contributed by atoms with Crippen molar-refractivity contribution in [2.75, 3.05) is 6.61 Å². The first-order valence-corrected chi connectivity index (χ1v) is 10.3. The van der Waals surface area contributed by atoms with Crippen molar-refractivity contribution >= 4 is 10.0 Å². The van der Waals surface area contributed by atoms with E-state index in [4.69, 9.17) is 0 Å². The molecule has 1 atom stereocenters. The molecule has 4 nitrogen and oxygen atoms in total. The van der Waals surface area contributed by atoms with Crippen LogP contribution < -0.4 is 4.72 Å². The van der Waals surface area contributed by atoms with Gasteiger partial charge >= 0.3 is 0 Å². The number of rotatable bonds is 8. The first kappa shape index (κ1) is 21.1. The summed E-state index contributed by atoms with van der Waals surface area (Å²) in [6.45, 7) is 14.0. The number of sulfonamides is 1. The average Bonchev–Trinajstić information content (AvgIpc) is 2.50. The molecular weight excluding hydrogens is 322 g/mol. The van der Waals surface area contributed by atoms with Crippen molar-refractivity contribution in [3.8, 4) is 0 Å². The van der Waals surface area contributed by atoms with Crippen molar-refractivity contribution in [1.29, 1.82) is 0 Å². The average molecular weight is 356 g/mol. The van der Waals surface area contributed by atoms with Crippen LogP contribution in [0.25, 0.3) is 0 Å². The van der Waals surface area contributed by atoms with Gasteiger partial charge in [0, 0.05) is 6.04 Å². The van der Waals surface area contributed by atoms with Crippen molar-refractivity contribution < 1.29 is 13.5 Å². The Morgan fingerprint density at radius 2 is 1.42 bits per heavy atom. The molecule has 0 saturated heterocycles. The molecule has 0 bridgehead atoms. The zero-order chi connectivity index (χ0) is 18.7. The van der Waals surface area contributed by atoms with E-state index in [0.29, 0.717) is 17.2 Å². The summed E-state index contributed by atoms with van der Waals surface area (Å²) < 4.78 is 28.8. The summed E-state index contributed by atoms with van der Waals surface area (Å²) in [7, 11) is -3.69. The summed E-state index contributed by atoms with van der Waals surface area (Å²) in [5, 5.41) is 9.38. The molecule has 1 rings (SSSR count). The van der Waals surface area contributed by atoms with Gasteiger partial charge in [0.1, 0.15) is 0 Å². The predicted molar refractivity (Wildman–Crippen MR) is 100 cm³/mol. The Bertz CT molecular complexity index is 616.